The zero-order chi connectivity index (χ0) is 14.8. The second kappa shape index (κ2) is 6.51. The highest BCUT2D eigenvalue weighted by atomic mass is 79.9. The Balaban J connectivity index is 2.11. The molecular weight excluding hydrogens is 310 g/mol. The lowest BCUT2D eigenvalue weighted by Crippen LogP contribution is -2.26. The summed E-state index contributed by atoms with van der Waals surface area (Å²) in [5.41, 5.74) is 4.67. The molecule has 1 aliphatic heterocycles. The van der Waals surface area contributed by atoms with Crippen LogP contribution in [0.4, 0.5) is 5.69 Å². The molecule has 112 valence electrons. The summed E-state index contributed by atoms with van der Waals surface area (Å²) in [5, 5.41) is 0.945. The van der Waals surface area contributed by atoms with Crippen molar-refractivity contribution in [3.05, 3.63) is 29.3 Å². The van der Waals surface area contributed by atoms with Gasteiger partial charge in [-0.15, -0.1) is 0 Å². The molecule has 1 heterocycles. The van der Waals surface area contributed by atoms with Crippen LogP contribution in [-0.2, 0) is 5.33 Å². The van der Waals surface area contributed by atoms with Crippen molar-refractivity contribution in [3.8, 4) is 0 Å². The van der Waals surface area contributed by atoms with E-state index in [0.29, 0.717) is 5.41 Å². The third-order valence-electron chi connectivity index (χ3n) is 4.71. The Labute approximate surface area is 132 Å². The maximum Gasteiger partial charge on any atom is 0.0396 e. The van der Waals surface area contributed by atoms with Gasteiger partial charge in [0.25, 0.3) is 0 Å². The minimum Gasteiger partial charge on any atom is -0.371 e. The van der Waals surface area contributed by atoms with Crippen molar-refractivity contribution < 1.29 is 0 Å². The van der Waals surface area contributed by atoms with E-state index in [-0.39, 0.29) is 0 Å². The molecule has 1 fully saturated rings. The number of hydrogen-bond donors (Lipinski definition) is 0. The summed E-state index contributed by atoms with van der Waals surface area (Å²) in [6, 6.07) is 6.88. The van der Waals surface area contributed by atoms with Crippen LogP contribution in [0.3, 0.4) is 0 Å². The first-order valence-electron chi connectivity index (χ1n) is 7.82. The predicted octanol–water partition coefficient (Wildman–Crippen LogP) is 5.54. The first-order chi connectivity index (χ1) is 9.41. The largest absolute Gasteiger partial charge is 0.371 e. The van der Waals surface area contributed by atoms with Gasteiger partial charge < -0.3 is 4.90 Å². The number of rotatable bonds is 2. The summed E-state index contributed by atoms with van der Waals surface area (Å²) < 4.78 is 0. The van der Waals surface area contributed by atoms with Crippen LogP contribution in [-0.4, -0.2) is 13.1 Å². The van der Waals surface area contributed by atoms with Crippen LogP contribution in [0.25, 0.3) is 0 Å². The normalized spacial score (nSPS) is 20.9. The van der Waals surface area contributed by atoms with Crippen molar-refractivity contribution in [2.45, 2.75) is 52.3 Å². The van der Waals surface area contributed by atoms with Gasteiger partial charge in [0.05, 0.1) is 0 Å². The minimum absolute atomic E-state index is 0.449. The Morgan fingerprint density at radius 1 is 1.20 bits per heavy atom. The van der Waals surface area contributed by atoms with Gasteiger partial charge in [0.2, 0.25) is 0 Å². The van der Waals surface area contributed by atoms with Crippen molar-refractivity contribution in [1.82, 2.24) is 0 Å². The molecule has 0 N–H and O–H groups in total. The van der Waals surface area contributed by atoms with Gasteiger partial charge >= 0.3 is 0 Å². The summed E-state index contributed by atoms with van der Waals surface area (Å²) in [6.07, 6.45) is 4.02. The van der Waals surface area contributed by atoms with Gasteiger partial charge in [0, 0.05) is 24.1 Å². The van der Waals surface area contributed by atoms with Crippen LogP contribution >= 0.6 is 15.9 Å². The molecule has 0 radical (unpaired) electrons. The SMILES string of the molecule is Cc1cc(CBr)ccc1N1CCCC(C(C)(C)C)CC1. The van der Waals surface area contributed by atoms with Crippen LogP contribution < -0.4 is 4.90 Å². The standard InChI is InChI=1S/C18H28BrN/c1-14-12-15(13-19)7-8-17(14)20-10-5-6-16(9-11-20)18(2,3)4/h7-8,12,16H,5-6,9-11,13H2,1-4H3. The first-order valence-corrected chi connectivity index (χ1v) is 8.94. The fourth-order valence-corrected chi connectivity index (χ4v) is 3.71. The molecule has 0 amide bonds. The average molecular weight is 338 g/mol. The predicted molar refractivity (Wildman–Crippen MR) is 92.8 cm³/mol. The van der Waals surface area contributed by atoms with E-state index in [1.54, 1.807) is 0 Å². The highest BCUT2D eigenvalue weighted by Gasteiger charge is 2.27. The number of anilines is 1. The molecule has 1 aromatic carbocycles. The second-order valence-electron chi connectivity index (χ2n) is 7.24. The lowest BCUT2D eigenvalue weighted by Gasteiger charge is -2.30. The summed E-state index contributed by atoms with van der Waals surface area (Å²) in [5.74, 6) is 0.856. The van der Waals surface area contributed by atoms with Crippen LogP contribution in [0.5, 0.6) is 0 Å². The summed E-state index contributed by atoms with van der Waals surface area (Å²) in [4.78, 5) is 2.60. The van der Waals surface area contributed by atoms with Crippen molar-refractivity contribution in [1.29, 1.82) is 0 Å². The number of halogens is 1. The van der Waals surface area contributed by atoms with E-state index >= 15 is 0 Å². The molecule has 0 aromatic heterocycles. The lowest BCUT2D eigenvalue weighted by molar-refractivity contribution is 0.220. The van der Waals surface area contributed by atoms with Crippen molar-refractivity contribution in [3.63, 3.8) is 0 Å². The molecule has 0 aliphatic carbocycles. The molecule has 1 saturated heterocycles. The smallest absolute Gasteiger partial charge is 0.0396 e. The second-order valence-corrected chi connectivity index (χ2v) is 7.80. The third-order valence-corrected chi connectivity index (χ3v) is 5.36. The number of hydrogen-bond acceptors (Lipinski definition) is 1. The summed E-state index contributed by atoms with van der Waals surface area (Å²) in [6.45, 7) is 11.8. The Morgan fingerprint density at radius 2 is 1.95 bits per heavy atom. The molecular formula is C18H28BrN. The first kappa shape index (κ1) is 15.9. The molecule has 2 heteroatoms. The zero-order valence-electron chi connectivity index (χ0n) is 13.4. The summed E-state index contributed by atoms with van der Waals surface area (Å²) in [7, 11) is 0. The van der Waals surface area contributed by atoms with Gasteiger partial charge in [-0.3, -0.25) is 0 Å². The van der Waals surface area contributed by atoms with Gasteiger partial charge in [-0.2, -0.15) is 0 Å². The maximum absolute atomic E-state index is 3.54. The zero-order valence-corrected chi connectivity index (χ0v) is 15.0. The van der Waals surface area contributed by atoms with Crippen molar-refractivity contribution >= 4 is 21.6 Å². The third kappa shape index (κ3) is 3.78. The fourth-order valence-electron chi connectivity index (χ4n) is 3.36. The van der Waals surface area contributed by atoms with Crippen molar-refractivity contribution in [2.24, 2.45) is 11.3 Å². The maximum atomic E-state index is 3.54. The van der Waals surface area contributed by atoms with E-state index in [0.717, 1.165) is 11.2 Å². The molecule has 0 spiro atoms. The Morgan fingerprint density at radius 3 is 2.55 bits per heavy atom. The van der Waals surface area contributed by atoms with E-state index < -0.39 is 0 Å². The van der Waals surface area contributed by atoms with E-state index in [1.165, 1.54) is 49.2 Å². The molecule has 20 heavy (non-hydrogen) atoms. The molecule has 1 aromatic rings. The minimum atomic E-state index is 0.449. The highest BCUT2D eigenvalue weighted by Crippen LogP contribution is 2.35. The van der Waals surface area contributed by atoms with E-state index in [1.807, 2.05) is 0 Å². The van der Waals surface area contributed by atoms with Crippen LogP contribution in [0.1, 0.15) is 51.2 Å². The van der Waals surface area contributed by atoms with Gasteiger partial charge in [0.1, 0.15) is 0 Å². The molecule has 1 aliphatic rings. The van der Waals surface area contributed by atoms with Gasteiger partial charge in [-0.05, 0) is 54.7 Å². The number of benzene rings is 1. The van der Waals surface area contributed by atoms with Crippen LogP contribution in [0.15, 0.2) is 18.2 Å². The van der Waals surface area contributed by atoms with Crippen molar-refractivity contribution in [2.75, 3.05) is 18.0 Å². The summed E-state index contributed by atoms with van der Waals surface area (Å²) >= 11 is 3.54. The number of aryl methyl sites for hydroxylation is 1. The Hall–Kier alpha value is -0.500. The van der Waals surface area contributed by atoms with E-state index in [9.17, 15) is 0 Å². The molecule has 1 nitrogen and oxygen atoms in total. The lowest BCUT2D eigenvalue weighted by atomic mass is 9.77. The highest BCUT2D eigenvalue weighted by molar-refractivity contribution is 9.08. The topological polar surface area (TPSA) is 3.24 Å². The Bertz CT molecular complexity index is 447. The molecule has 0 saturated carbocycles. The molecule has 0 bridgehead atoms. The monoisotopic (exact) mass is 337 g/mol. The molecule has 1 atom stereocenters. The van der Waals surface area contributed by atoms with Gasteiger partial charge in [-0.1, -0.05) is 48.8 Å². The van der Waals surface area contributed by atoms with Gasteiger partial charge in [-0.25, -0.2) is 0 Å². The van der Waals surface area contributed by atoms with Crippen LogP contribution in [0, 0.1) is 18.3 Å². The quantitative estimate of drug-likeness (QED) is 0.640. The number of alkyl halides is 1. The van der Waals surface area contributed by atoms with E-state index in [4.69, 9.17) is 0 Å². The van der Waals surface area contributed by atoms with Gasteiger partial charge in [0.15, 0.2) is 0 Å². The Kier molecular flexibility index (Phi) is 5.17. The number of nitrogens with zero attached hydrogens (tertiary/aromatic N) is 1. The van der Waals surface area contributed by atoms with E-state index in [2.05, 4.69) is 66.7 Å². The average Bonchev–Trinajstić information content (AvgIpc) is 2.63. The molecule has 1 unspecified atom stereocenters. The molecule has 2 rings (SSSR count). The fraction of sp³-hybridized carbons (Fsp3) is 0.667. The van der Waals surface area contributed by atoms with Crippen LogP contribution in [0.2, 0.25) is 0 Å².